The van der Waals surface area contributed by atoms with E-state index in [2.05, 4.69) is 5.32 Å². The van der Waals surface area contributed by atoms with E-state index in [1.165, 1.54) is 17.8 Å². The Bertz CT molecular complexity index is 618. The van der Waals surface area contributed by atoms with Gasteiger partial charge in [0.2, 0.25) is 11.8 Å². The van der Waals surface area contributed by atoms with Gasteiger partial charge in [-0.1, -0.05) is 13.0 Å². The van der Waals surface area contributed by atoms with E-state index in [-0.39, 0.29) is 17.4 Å². The molecule has 0 saturated carbocycles. The molecule has 0 radical (unpaired) electrons. The Hall–Kier alpha value is -2.02. The van der Waals surface area contributed by atoms with Gasteiger partial charge in [-0.15, -0.1) is 11.8 Å². The number of nitrogens with zero attached hydrogens (tertiary/aromatic N) is 1. The Balaban J connectivity index is 2.13. The maximum absolute atomic E-state index is 12.3. The van der Waals surface area contributed by atoms with E-state index in [0.717, 1.165) is 0 Å². The lowest BCUT2D eigenvalue weighted by Gasteiger charge is -2.22. The number of carboxylic acid groups (broad SMARTS) is 1. The molecule has 1 heterocycles. The summed E-state index contributed by atoms with van der Waals surface area (Å²) in [5.41, 5.74) is 1.21. The highest BCUT2D eigenvalue weighted by molar-refractivity contribution is 7.99. The lowest BCUT2D eigenvalue weighted by molar-refractivity contribution is -0.135. The van der Waals surface area contributed by atoms with Crippen LogP contribution in [0, 0.1) is 6.92 Å². The summed E-state index contributed by atoms with van der Waals surface area (Å²) in [6.45, 7) is 3.46. The molecule has 0 aromatic heterocycles. The first-order chi connectivity index (χ1) is 10.4. The lowest BCUT2D eigenvalue weighted by Crippen LogP contribution is -2.44. The number of rotatable bonds is 4. The molecule has 1 aliphatic heterocycles. The number of carbonyl (C=O) groups excluding carboxylic acids is 2. The van der Waals surface area contributed by atoms with Crippen LogP contribution in [0.3, 0.4) is 0 Å². The van der Waals surface area contributed by atoms with Crippen LogP contribution in [-0.2, 0) is 9.59 Å². The van der Waals surface area contributed by atoms with Gasteiger partial charge in [0.1, 0.15) is 6.04 Å². The van der Waals surface area contributed by atoms with Crippen molar-refractivity contribution < 1.29 is 19.5 Å². The summed E-state index contributed by atoms with van der Waals surface area (Å²) >= 11 is 1.53. The summed E-state index contributed by atoms with van der Waals surface area (Å²) in [6.07, 6.45) is 0.359. The molecule has 1 aliphatic rings. The molecule has 1 fully saturated rings. The second-order valence-corrected chi connectivity index (χ2v) is 6.06. The van der Waals surface area contributed by atoms with Crippen molar-refractivity contribution in [3.63, 3.8) is 0 Å². The fourth-order valence-corrected chi connectivity index (χ4v) is 3.45. The van der Waals surface area contributed by atoms with Crippen molar-refractivity contribution >= 4 is 35.2 Å². The van der Waals surface area contributed by atoms with Gasteiger partial charge < -0.3 is 15.3 Å². The van der Waals surface area contributed by atoms with Crippen LogP contribution in [-0.4, -0.2) is 45.5 Å². The molecular weight excluding hydrogens is 304 g/mol. The van der Waals surface area contributed by atoms with E-state index in [1.54, 1.807) is 30.9 Å². The highest BCUT2D eigenvalue weighted by Gasteiger charge is 2.33. The van der Waals surface area contributed by atoms with E-state index in [9.17, 15) is 14.4 Å². The smallest absolute Gasteiger partial charge is 0.336 e. The number of aryl methyl sites for hydroxylation is 1. The molecule has 2 amide bonds. The van der Waals surface area contributed by atoms with Crippen LogP contribution in [0.2, 0.25) is 0 Å². The molecule has 1 atom stereocenters. The van der Waals surface area contributed by atoms with Crippen LogP contribution in [0.1, 0.15) is 29.3 Å². The molecule has 2 N–H and O–H groups in total. The van der Waals surface area contributed by atoms with E-state index in [4.69, 9.17) is 5.11 Å². The summed E-state index contributed by atoms with van der Waals surface area (Å²) < 4.78 is 0. The minimum Gasteiger partial charge on any atom is -0.478 e. The van der Waals surface area contributed by atoms with Crippen LogP contribution in [0.4, 0.5) is 5.69 Å². The van der Waals surface area contributed by atoms with Gasteiger partial charge in [0.25, 0.3) is 0 Å². The highest BCUT2D eigenvalue weighted by Crippen LogP contribution is 2.23. The molecular formula is C15H18N2O4S. The quantitative estimate of drug-likeness (QED) is 0.884. The van der Waals surface area contributed by atoms with Gasteiger partial charge in [-0.25, -0.2) is 4.79 Å². The molecule has 0 aliphatic carbocycles. The van der Waals surface area contributed by atoms with Crippen LogP contribution < -0.4 is 5.32 Å². The zero-order valence-corrected chi connectivity index (χ0v) is 13.3. The van der Waals surface area contributed by atoms with E-state index >= 15 is 0 Å². The Morgan fingerprint density at radius 2 is 2.14 bits per heavy atom. The number of amides is 2. The monoisotopic (exact) mass is 322 g/mol. The van der Waals surface area contributed by atoms with Gasteiger partial charge in [-0.3, -0.25) is 9.59 Å². The molecule has 1 unspecified atom stereocenters. The van der Waals surface area contributed by atoms with Crippen molar-refractivity contribution in [3.05, 3.63) is 29.3 Å². The van der Waals surface area contributed by atoms with Gasteiger partial charge in [0.05, 0.1) is 11.4 Å². The molecule has 22 heavy (non-hydrogen) atoms. The van der Waals surface area contributed by atoms with E-state index in [1.807, 2.05) is 0 Å². The SMILES string of the molecule is CCC(=O)N1CSCC1C(=O)Nc1ccc(C)c(C(=O)O)c1. The molecule has 6 nitrogen and oxygen atoms in total. The van der Waals surface area contributed by atoms with Crippen molar-refractivity contribution in [3.8, 4) is 0 Å². The van der Waals surface area contributed by atoms with Gasteiger partial charge in [-0.05, 0) is 24.6 Å². The van der Waals surface area contributed by atoms with Crippen molar-refractivity contribution in [2.45, 2.75) is 26.3 Å². The Labute approximate surface area is 132 Å². The fraction of sp³-hybridized carbons (Fsp3) is 0.400. The number of nitrogens with one attached hydrogen (secondary N) is 1. The molecule has 7 heteroatoms. The molecule has 118 valence electrons. The number of carboxylic acids is 1. The summed E-state index contributed by atoms with van der Waals surface area (Å²) in [5, 5.41) is 11.8. The number of aromatic carboxylic acids is 1. The fourth-order valence-electron chi connectivity index (χ4n) is 2.26. The first-order valence-electron chi connectivity index (χ1n) is 6.96. The Morgan fingerprint density at radius 1 is 1.41 bits per heavy atom. The first kappa shape index (κ1) is 16.4. The molecule has 1 aromatic rings. The summed E-state index contributed by atoms with van der Waals surface area (Å²) in [5.74, 6) is -0.311. The number of thioether (sulfide) groups is 1. The maximum atomic E-state index is 12.3. The second-order valence-electron chi connectivity index (χ2n) is 5.06. The number of anilines is 1. The summed E-state index contributed by atoms with van der Waals surface area (Å²) in [6, 6.07) is 4.24. The zero-order valence-electron chi connectivity index (χ0n) is 12.5. The zero-order chi connectivity index (χ0) is 16.3. The largest absolute Gasteiger partial charge is 0.478 e. The minimum atomic E-state index is -1.03. The topological polar surface area (TPSA) is 86.7 Å². The average Bonchev–Trinajstić information content (AvgIpc) is 2.97. The summed E-state index contributed by atoms with van der Waals surface area (Å²) in [4.78, 5) is 36.9. The van der Waals surface area contributed by atoms with Crippen LogP contribution in [0.5, 0.6) is 0 Å². The first-order valence-corrected chi connectivity index (χ1v) is 8.11. The second kappa shape index (κ2) is 6.83. The van der Waals surface area contributed by atoms with Gasteiger partial charge in [0, 0.05) is 17.9 Å². The number of hydrogen-bond donors (Lipinski definition) is 2. The van der Waals surface area contributed by atoms with Crippen LogP contribution in [0.25, 0.3) is 0 Å². The van der Waals surface area contributed by atoms with Gasteiger partial charge in [0.15, 0.2) is 0 Å². The summed E-state index contributed by atoms with van der Waals surface area (Å²) in [7, 11) is 0. The third-order valence-electron chi connectivity index (χ3n) is 3.54. The maximum Gasteiger partial charge on any atom is 0.336 e. The lowest BCUT2D eigenvalue weighted by atomic mass is 10.1. The van der Waals surface area contributed by atoms with Crippen molar-refractivity contribution in [1.82, 2.24) is 4.90 Å². The van der Waals surface area contributed by atoms with Gasteiger partial charge in [-0.2, -0.15) is 0 Å². The van der Waals surface area contributed by atoms with Crippen LogP contribution >= 0.6 is 11.8 Å². The van der Waals surface area contributed by atoms with E-state index < -0.39 is 12.0 Å². The molecule has 1 aromatic carbocycles. The molecule has 1 saturated heterocycles. The number of hydrogen-bond acceptors (Lipinski definition) is 4. The minimum absolute atomic E-state index is 0.0553. The molecule has 0 spiro atoms. The van der Waals surface area contributed by atoms with Crippen molar-refractivity contribution in [1.29, 1.82) is 0 Å². The third kappa shape index (κ3) is 3.41. The molecule has 2 rings (SSSR count). The normalized spacial score (nSPS) is 17.4. The third-order valence-corrected chi connectivity index (χ3v) is 4.56. The standard InChI is InChI=1S/C15H18N2O4S/c1-3-13(18)17-8-22-7-12(17)14(19)16-10-5-4-9(2)11(6-10)15(20)21/h4-6,12H,3,7-8H2,1-2H3,(H,16,19)(H,20,21). The van der Waals surface area contributed by atoms with Crippen molar-refractivity contribution in [2.24, 2.45) is 0 Å². The van der Waals surface area contributed by atoms with Gasteiger partial charge >= 0.3 is 5.97 Å². The number of benzene rings is 1. The van der Waals surface area contributed by atoms with Crippen molar-refractivity contribution in [2.75, 3.05) is 16.9 Å². The van der Waals surface area contributed by atoms with E-state index in [0.29, 0.717) is 29.3 Å². The Kier molecular flexibility index (Phi) is 5.07. The predicted octanol–water partition coefficient (Wildman–Crippen LogP) is 1.94. The Morgan fingerprint density at radius 3 is 2.77 bits per heavy atom. The number of carbonyl (C=O) groups is 3. The highest BCUT2D eigenvalue weighted by atomic mass is 32.2. The van der Waals surface area contributed by atoms with Crippen LogP contribution in [0.15, 0.2) is 18.2 Å². The average molecular weight is 322 g/mol. The molecule has 0 bridgehead atoms. The predicted molar refractivity (Wildman–Crippen MR) is 85.0 cm³/mol.